The molecule has 1 N–H and O–H groups in total. The minimum atomic E-state index is -0.605. The third kappa shape index (κ3) is 4.44. The molecule has 3 rings (SSSR count). The van der Waals surface area contributed by atoms with E-state index in [4.69, 9.17) is 9.26 Å². The predicted octanol–water partition coefficient (Wildman–Crippen LogP) is 4.02. The number of nitrogens with zero attached hydrogens (tertiary/aromatic N) is 2. The lowest BCUT2D eigenvalue weighted by Crippen LogP contribution is -2.42. The van der Waals surface area contributed by atoms with E-state index in [-0.39, 0.29) is 11.8 Å². The van der Waals surface area contributed by atoms with Crippen molar-refractivity contribution in [2.24, 2.45) is 5.41 Å². The van der Waals surface area contributed by atoms with Crippen molar-refractivity contribution in [3.63, 3.8) is 0 Å². The highest BCUT2D eigenvalue weighted by atomic mass is 16.5. The number of aromatic nitrogens is 1. The number of hydrogen-bond donors (Lipinski definition) is 1. The Morgan fingerprint density at radius 1 is 1.31 bits per heavy atom. The lowest BCUT2D eigenvalue weighted by Gasteiger charge is -2.27. The van der Waals surface area contributed by atoms with Gasteiger partial charge in [0.25, 0.3) is 0 Å². The number of nitrogens with one attached hydrogen (secondary N) is 1. The summed E-state index contributed by atoms with van der Waals surface area (Å²) in [4.78, 5) is 27.1. The average Bonchev–Trinajstić information content (AvgIpc) is 2.96. The number of benzene rings is 1. The molecule has 2 aromatic rings. The van der Waals surface area contributed by atoms with Crippen LogP contribution in [0.15, 0.2) is 22.7 Å². The topological polar surface area (TPSA) is 84.7 Å². The lowest BCUT2D eigenvalue weighted by atomic mass is 9.93. The standard InChI is InChI=1S/C22H29N3O4/c1-6-11-25-18-9-7-16(12-19(18)28-13-22(4,5)21(25)27)23-20(26)10-8-17-14(2)24-29-15(17)3/h7,9,12H,6,8,10-11,13H2,1-5H3,(H,23,26). The molecule has 0 radical (unpaired) electrons. The van der Waals surface area contributed by atoms with Crippen molar-refractivity contribution in [2.45, 2.75) is 53.9 Å². The second-order valence-corrected chi connectivity index (χ2v) is 8.16. The molecule has 1 aliphatic heterocycles. The predicted molar refractivity (Wildman–Crippen MR) is 111 cm³/mol. The van der Waals surface area contributed by atoms with Gasteiger partial charge in [-0.1, -0.05) is 12.1 Å². The summed E-state index contributed by atoms with van der Waals surface area (Å²) in [5.41, 5.74) is 2.58. The van der Waals surface area contributed by atoms with Gasteiger partial charge in [-0.15, -0.1) is 0 Å². The number of ether oxygens (including phenoxy) is 1. The summed E-state index contributed by atoms with van der Waals surface area (Å²) in [6.45, 7) is 10.5. The molecule has 2 heterocycles. The Bertz CT molecular complexity index is 897. The maximum Gasteiger partial charge on any atom is 0.236 e. The molecule has 7 heteroatoms. The molecule has 2 amide bonds. The summed E-state index contributed by atoms with van der Waals surface area (Å²) in [6, 6.07) is 5.44. The Hall–Kier alpha value is -2.83. The molecule has 1 aliphatic rings. The van der Waals surface area contributed by atoms with Crippen LogP contribution in [0, 0.1) is 19.3 Å². The molecule has 0 unspecified atom stereocenters. The molecule has 0 atom stereocenters. The van der Waals surface area contributed by atoms with Crippen LogP contribution >= 0.6 is 0 Å². The molecule has 7 nitrogen and oxygen atoms in total. The van der Waals surface area contributed by atoms with Crippen molar-refractivity contribution in [1.82, 2.24) is 5.16 Å². The molecule has 0 spiro atoms. The van der Waals surface area contributed by atoms with Gasteiger partial charge in [0.2, 0.25) is 11.8 Å². The van der Waals surface area contributed by atoms with Crippen LogP contribution in [0.4, 0.5) is 11.4 Å². The van der Waals surface area contributed by atoms with E-state index < -0.39 is 5.41 Å². The van der Waals surface area contributed by atoms with Gasteiger partial charge >= 0.3 is 0 Å². The molecular weight excluding hydrogens is 370 g/mol. The third-order valence-electron chi connectivity index (χ3n) is 5.18. The molecule has 0 fully saturated rings. The molecule has 0 saturated carbocycles. The number of amides is 2. The summed E-state index contributed by atoms with van der Waals surface area (Å²) < 4.78 is 11.1. The first-order chi connectivity index (χ1) is 13.7. The average molecular weight is 399 g/mol. The van der Waals surface area contributed by atoms with Crippen molar-refractivity contribution >= 4 is 23.2 Å². The van der Waals surface area contributed by atoms with Crippen LogP contribution in [0.25, 0.3) is 0 Å². The highest BCUT2D eigenvalue weighted by Gasteiger charge is 2.37. The van der Waals surface area contributed by atoms with Crippen molar-refractivity contribution in [3.8, 4) is 5.75 Å². The fourth-order valence-electron chi connectivity index (χ4n) is 3.49. The van der Waals surface area contributed by atoms with E-state index in [1.165, 1.54) is 0 Å². The Labute approximate surface area is 171 Å². The van der Waals surface area contributed by atoms with Crippen molar-refractivity contribution in [1.29, 1.82) is 0 Å². The molecular formula is C22H29N3O4. The molecule has 0 bridgehead atoms. The van der Waals surface area contributed by atoms with Gasteiger partial charge in [-0.2, -0.15) is 0 Å². The van der Waals surface area contributed by atoms with Gasteiger partial charge in [-0.25, -0.2) is 0 Å². The fourth-order valence-corrected chi connectivity index (χ4v) is 3.49. The molecule has 0 saturated heterocycles. The third-order valence-corrected chi connectivity index (χ3v) is 5.18. The monoisotopic (exact) mass is 399 g/mol. The Morgan fingerprint density at radius 3 is 2.72 bits per heavy atom. The first-order valence-electron chi connectivity index (χ1n) is 10.0. The SMILES string of the molecule is CCCN1C(=O)C(C)(C)COc2cc(NC(=O)CCc3c(C)noc3C)ccc21. The van der Waals surface area contributed by atoms with Crippen molar-refractivity contribution in [2.75, 3.05) is 23.4 Å². The number of hydrogen-bond acceptors (Lipinski definition) is 5. The Morgan fingerprint density at radius 2 is 2.07 bits per heavy atom. The first-order valence-corrected chi connectivity index (χ1v) is 10.0. The summed E-state index contributed by atoms with van der Waals surface area (Å²) >= 11 is 0. The van der Waals surface area contributed by atoms with E-state index in [9.17, 15) is 9.59 Å². The first kappa shape index (κ1) is 20.9. The Kier molecular flexibility index (Phi) is 5.96. The minimum Gasteiger partial charge on any atom is -0.490 e. The van der Waals surface area contributed by atoms with E-state index in [0.717, 1.165) is 29.1 Å². The van der Waals surface area contributed by atoms with Crippen LogP contribution in [-0.2, 0) is 16.0 Å². The number of fused-ring (bicyclic) bond motifs is 1. The lowest BCUT2D eigenvalue weighted by molar-refractivity contribution is -0.127. The number of rotatable bonds is 6. The largest absolute Gasteiger partial charge is 0.490 e. The van der Waals surface area contributed by atoms with Crippen LogP contribution in [0.2, 0.25) is 0 Å². The minimum absolute atomic E-state index is 0.0503. The van der Waals surface area contributed by atoms with E-state index in [1.807, 2.05) is 46.8 Å². The normalized spacial score (nSPS) is 15.5. The second kappa shape index (κ2) is 8.27. The Balaban J connectivity index is 1.74. The van der Waals surface area contributed by atoms with Gasteiger partial charge in [0, 0.05) is 30.3 Å². The van der Waals surface area contributed by atoms with E-state index in [0.29, 0.717) is 37.4 Å². The van der Waals surface area contributed by atoms with E-state index in [1.54, 1.807) is 11.0 Å². The zero-order valence-electron chi connectivity index (χ0n) is 17.8. The zero-order chi connectivity index (χ0) is 21.2. The van der Waals surface area contributed by atoms with Crippen LogP contribution in [0.3, 0.4) is 0 Å². The van der Waals surface area contributed by atoms with Crippen LogP contribution in [0.1, 0.15) is 50.6 Å². The van der Waals surface area contributed by atoms with Gasteiger partial charge in [-0.05, 0) is 52.7 Å². The van der Waals surface area contributed by atoms with E-state index >= 15 is 0 Å². The fraction of sp³-hybridized carbons (Fsp3) is 0.500. The zero-order valence-corrected chi connectivity index (χ0v) is 17.8. The molecule has 1 aromatic heterocycles. The second-order valence-electron chi connectivity index (χ2n) is 8.16. The van der Waals surface area contributed by atoms with Crippen LogP contribution < -0.4 is 15.0 Å². The number of carbonyl (C=O) groups is 2. The highest BCUT2D eigenvalue weighted by Crippen LogP contribution is 2.38. The quantitative estimate of drug-likeness (QED) is 0.793. The molecule has 1 aromatic carbocycles. The molecule has 29 heavy (non-hydrogen) atoms. The van der Waals surface area contributed by atoms with Crippen molar-refractivity contribution < 1.29 is 18.8 Å². The maximum atomic E-state index is 12.9. The van der Waals surface area contributed by atoms with Gasteiger partial charge in [0.05, 0.1) is 16.8 Å². The summed E-state index contributed by atoms with van der Waals surface area (Å²) in [5, 5.41) is 6.84. The number of anilines is 2. The van der Waals surface area contributed by atoms with Gasteiger partial charge in [-0.3, -0.25) is 9.59 Å². The number of aryl methyl sites for hydroxylation is 2. The number of carbonyl (C=O) groups excluding carboxylic acids is 2. The van der Waals surface area contributed by atoms with Gasteiger partial charge in [0.1, 0.15) is 18.1 Å². The van der Waals surface area contributed by atoms with Gasteiger partial charge in [0.15, 0.2) is 0 Å². The smallest absolute Gasteiger partial charge is 0.236 e. The van der Waals surface area contributed by atoms with Crippen LogP contribution in [0.5, 0.6) is 5.75 Å². The van der Waals surface area contributed by atoms with E-state index in [2.05, 4.69) is 10.5 Å². The van der Waals surface area contributed by atoms with Gasteiger partial charge < -0.3 is 19.5 Å². The molecule has 0 aliphatic carbocycles. The van der Waals surface area contributed by atoms with Crippen LogP contribution in [-0.4, -0.2) is 30.1 Å². The maximum absolute atomic E-state index is 12.9. The summed E-state index contributed by atoms with van der Waals surface area (Å²) in [7, 11) is 0. The summed E-state index contributed by atoms with van der Waals surface area (Å²) in [5.74, 6) is 1.31. The van der Waals surface area contributed by atoms with Crippen molar-refractivity contribution in [3.05, 3.63) is 35.2 Å². The highest BCUT2D eigenvalue weighted by molar-refractivity contribution is 6.00. The summed E-state index contributed by atoms with van der Waals surface area (Å²) in [6.07, 6.45) is 1.75. The molecule has 156 valence electrons.